The minimum atomic E-state index is -0.265. The van der Waals surface area contributed by atoms with Crippen molar-refractivity contribution < 1.29 is 0 Å². The van der Waals surface area contributed by atoms with Gasteiger partial charge >= 0.3 is 0 Å². The molecule has 1 N–H and O–H groups in total. The first-order valence-electron chi connectivity index (χ1n) is 7.09. The summed E-state index contributed by atoms with van der Waals surface area (Å²) in [5.41, 5.74) is 0.503. The van der Waals surface area contributed by atoms with Gasteiger partial charge in [0.15, 0.2) is 0 Å². The average molecular weight is 299 g/mol. The molecule has 1 aliphatic rings. The lowest BCUT2D eigenvalue weighted by atomic mass is 9.80. The molecule has 0 unspecified atom stereocenters. The Labute approximate surface area is 124 Å². The van der Waals surface area contributed by atoms with Gasteiger partial charge in [-0.25, -0.2) is 4.68 Å². The summed E-state index contributed by atoms with van der Waals surface area (Å²) >= 11 is 6.09. The van der Waals surface area contributed by atoms with Gasteiger partial charge in [0.25, 0.3) is 5.56 Å². The summed E-state index contributed by atoms with van der Waals surface area (Å²) in [5, 5.41) is 7.55. The molecule has 0 aliphatic heterocycles. The molecule has 0 spiro atoms. The Morgan fingerprint density at radius 3 is 2.65 bits per heavy atom. The molecule has 0 saturated heterocycles. The first-order chi connectivity index (χ1) is 9.46. The van der Waals surface area contributed by atoms with Crippen molar-refractivity contribution in [2.45, 2.75) is 37.6 Å². The lowest BCUT2D eigenvalue weighted by molar-refractivity contribution is 0.113. The van der Waals surface area contributed by atoms with E-state index < -0.39 is 0 Å². The molecule has 112 valence electrons. The fourth-order valence-corrected chi connectivity index (χ4v) is 3.12. The maximum atomic E-state index is 11.8. The number of nitrogens with one attached hydrogen (secondary N) is 1. The zero-order chi connectivity index (χ0) is 14.8. The third-order valence-electron chi connectivity index (χ3n) is 4.42. The summed E-state index contributed by atoms with van der Waals surface area (Å²) in [6.45, 7) is 0.786. The molecule has 0 amide bonds. The minimum absolute atomic E-state index is 0.142. The highest BCUT2D eigenvalue weighted by molar-refractivity contribution is 6.32. The van der Waals surface area contributed by atoms with Crippen LogP contribution in [-0.2, 0) is 7.05 Å². The molecule has 1 aromatic heterocycles. The first kappa shape index (κ1) is 15.3. The van der Waals surface area contributed by atoms with Crippen LogP contribution in [0.3, 0.4) is 0 Å². The monoisotopic (exact) mass is 298 g/mol. The molecule has 20 heavy (non-hydrogen) atoms. The van der Waals surface area contributed by atoms with Crippen molar-refractivity contribution in [1.29, 1.82) is 0 Å². The van der Waals surface area contributed by atoms with E-state index in [1.54, 1.807) is 13.2 Å². The predicted octanol–water partition coefficient (Wildman–Crippen LogP) is 2.11. The number of hydrogen-bond acceptors (Lipinski definition) is 4. The van der Waals surface area contributed by atoms with Crippen molar-refractivity contribution in [3.8, 4) is 0 Å². The maximum absolute atomic E-state index is 11.8. The Bertz CT molecular complexity index is 520. The van der Waals surface area contributed by atoms with Gasteiger partial charge in [-0.1, -0.05) is 30.9 Å². The highest BCUT2D eigenvalue weighted by Crippen LogP contribution is 2.32. The Morgan fingerprint density at radius 2 is 2.05 bits per heavy atom. The SMILES string of the molecule is CN(C)C1(CNc2cnn(C)c(=O)c2Cl)CCCCC1. The molecule has 6 heteroatoms. The molecule has 0 radical (unpaired) electrons. The number of nitrogens with zero attached hydrogens (tertiary/aromatic N) is 3. The van der Waals surface area contributed by atoms with Gasteiger partial charge in [-0.3, -0.25) is 4.79 Å². The second-order valence-electron chi connectivity index (χ2n) is 5.83. The fourth-order valence-electron chi connectivity index (χ4n) is 2.89. The van der Waals surface area contributed by atoms with Crippen LogP contribution < -0.4 is 10.9 Å². The van der Waals surface area contributed by atoms with Crippen LogP contribution in [-0.4, -0.2) is 40.9 Å². The highest BCUT2D eigenvalue weighted by atomic mass is 35.5. The van der Waals surface area contributed by atoms with Crippen molar-refractivity contribution in [1.82, 2.24) is 14.7 Å². The number of anilines is 1. The number of halogens is 1. The largest absolute Gasteiger partial charge is 0.381 e. The zero-order valence-electron chi connectivity index (χ0n) is 12.4. The van der Waals surface area contributed by atoms with Gasteiger partial charge in [-0.15, -0.1) is 0 Å². The third kappa shape index (κ3) is 2.99. The van der Waals surface area contributed by atoms with E-state index in [9.17, 15) is 4.79 Å². The minimum Gasteiger partial charge on any atom is -0.381 e. The standard InChI is InChI=1S/C14H23ClN4O/c1-18(2)14(7-5-4-6-8-14)10-16-11-9-17-19(3)13(20)12(11)15/h9,16H,4-8,10H2,1-3H3. The van der Waals surface area contributed by atoms with E-state index in [2.05, 4.69) is 29.4 Å². The molecule has 1 aliphatic carbocycles. The number of aromatic nitrogens is 2. The molecule has 1 fully saturated rings. The summed E-state index contributed by atoms with van der Waals surface area (Å²) in [5.74, 6) is 0. The summed E-state index contributed by atoms with van der Waals surface area (Å²) in [6.07, 6.45) is 7.77. The maximum Gasteiger partial charge on any atom is 0.287 e. The highest BCUT2D eigenvalue weighted by Gasteiger charge is 2.34. The molecule has 0 atom stereocenters. The fraction of sp³-hybridized carbons (Fsp3) is 0.714. The molecular formula is C14H23ClN4O. The summed E-state index contributed by atoms with van der Waals surface area (Å²) in [7, 11) is 5.84. The molecule has 1 heterocycles. The Morgan fingerprint density at radius 1 is 1.40 bits per heavy atom. The molecule has 1 saturated carbocycles. The van der Waals surface area contributed by atoms with Gasteiger partial charge in [-0.2, -0.15) is 5.10 Å². The lowest BCUT2D eigenvalue weighted by Crippen LogP contribution is -2.51. The number of aryl methyl sites for hydroxylation is 1. The van der Waals surface area contributed by atoms with Crippen molar-refractivity contribution in [2.75, 3.05) is 26.0 Å². The predicted molar refractivity (Wildman–Crippen MR) is 82.5 cm³/mol. The second-order valence-corrected chi connectivity index (χ2v) is 6.21. The smallest absolute Gasteiger partial charge is 0.287 e. The van der Waals surface area contributed by atoms with Gasteiger partial charge in [0.1, 0.15) is 5.02 Å². The molecular weight excluding hydrogens is 276 g/mol. The lowest BCUT2D eigenvalue weighted by Gasteiger charge is -2.43. The van der Waals surface area contributed by atoms with Crippen LogP contribution in [0.25, 0.3) is 0 Å². The van der Waals surface area contributed by atoms with Gasteiger partial charge < -0.3 is 10.2 Å². The average Bonchev–Trinajstić information content (AvgIpc) is 2.45. The van der Waals surface area contributed by atoms with Gasteiger partial charge in [0.2, 0.25) is 0 Å². The first-order valence-corrected chi connectivity index (χ1v) is 7.47. The van der Waals surface area contributed by atoms with Crippen LogP contribution in [0.1, 0.15) is 32.1 Å². The van der Waals surface area contributed by atoms with Crippen LogP contribution in [0.5, 0.6) is 0 Å². The molecule has 1 aromatic rings. The van der Waals surface area contributed by atoms with E-state index in [4.69, 9.17) is 11.6 Å². The normalized spacial score (nSPS) is 18.2. The van der Waals surface area contributed by atoms with Crippen LogP contribution >= 0.6 is 11.6 Å². The molecule has 0 bridgehead atoms. The van der Waals surface area contributed by atoms with E-state index in [0.717, 1.165) is 6.54 Å². The Hall–Kier alpha value is -1.07. The van der Waals surface area contributed by atoms with Crippen LogP contribution in [0, 0.1) is 0 Å². The number of likely N-dealkylation sites (N-methyl/N-ethyl adjacent to an activating group) is 1. The topological polar surface area (TPSA) is 50.2 Å². The Balaban J connectivity index is 2.14. The molecule has 0 aromatic carbocycles. The molecule has 5 nitrogen and oxygen atoms in total. The van der Waals surface area contributed by atoms with Crippen molar-refractivity contribution in [2.24, 2.45) is 7.05 Å². The third-order valence-corrected chi connectivity index (χ3v) is 4.78. The number of hydrogen-bond donors (Lipinski definition) is 1. The van der Waals surface area contributed by atoms with Gasteiger partial charge in [0, 0.05) is 19.1 Å². The van der Waals surface area contributed by atoms with Crippen LogP contribution in [0.2, 0.25) is 5.02 Å². The summed E-state index contributed by atoms with van der Waals surface area (Å²) in [4.78, 5) is 14.1. The zero-order valence-corrected chi connectivity index (χ0v) is 13.2. The summed E-state index contributed by atoms with van der Waals surface area (Å²) in [6, 6.07) is 0. The van der Waals surface area contributed by atoms with E-state index in [0.29, 0.717) is 5.69 Å². The van der Waals surface area contributed by atoms with E-state index in [1.807, 2.05) is 0 Å². The van der Waals surface area contributed by atoms with E-state index in [-0.39, 0.29) is 16.1 Å². The van der Waals surface area contributed by atoms with Crippen molar-refractivity contribution >= 4 is 17.3 Å². The van der Waals surface area contributed by atoms with Crippen LogP contribution in [0.4, 0.5) is 5.69 Å². The van der Waals surface area contributed by atoms with E-state index >= 15 is 0 Å². The Kier molecular flexibility index (Phi) is 4.70. The number of rotatable bonds is 4. The second kappa shape index (κ2) is 6.14. The van der Waals surface area contributed by atoms with E-state index in [1.165, 1.54) is 36.8 Å². The van der Waals surface area contributed by atoms with Crippen LogP contribution in [0.15, 0.2) is 11.0 Å². The van der Waals surface area contributed by atoms with Gasteiger partial charge in [0.05, 0.1) is 11.9 Å². The summed E-state index contributed by atoms with van der Waals surface area (Å²) < 4.78 is 1.25. The van der Waals surface area contributed by atoms with Crippen molar-refractivity contribution in [3.63, 3.8) is 0 Å². The molecule has 2 rings (SSSR count). The van der Waals surface area contributed by atoms with Gasteiger partial charge in [-0.05, 0) is 26.9 Å². The quantitative estimate of drug-likeness (QED) is 0.925. The van der Waals surface area contributed by atoms with Crippen molar-refractivity contribution in [3.05, 3.63) is 21.6 Å².